The highest BCUT2D eigenvalue weighted by atomic mass is 32.1. The van der Waals surface area contributed by atoms with Crippen molar-refractivity contribution in [1.29, 1.82) is 0 Å². The third-order valence-electron chi connectivity index (χ3n) is 5.62. The number of oxazole rings is 1. The molecule has 1 aliphatic heterocycles. The molecule has 1 aromatic heterocycles. The van der Waals surface area contributed by atoms with Crippen LogP contribution in [0.15, 0.2) is 59.0 Å². The Hall–Kier alpha value is -3.91. The number of ether oxygens (including phenoxy) is 2. The molecule has 0 atom stereocenters. The van der Waals surface area contributed by atoms with E-state index in [1.165, 1.54) is 5.56 Å². The summed E-state index contributed by atoms with van der Waals surface area (Å²) in [6.07, 6.45) is 0.937. The molecule has 2 heterocycles. The normalized spacial score (nSPS) is 12.4. The molecule has 7 nitrogen and oxygen atoms in total. The van der Waals surface area contributed by atoms with E-state index in [0.717, 1.165) is 34.3 Å². The van der Waals surface area contributed by atoms with Gasteiger partial charge in [0.05, 0.1) is 0 Å². The van der Waals surface area contributed by atoms with E-state index in [0.29, 0.717) is 36.2 Å². The third kappa shape index (κ3) is 4.45. The van der Waals surface area contributed by atoms with E-state index in [4.69, 9.17) is 26.1 Å². The molecule has 2 N–H and O–H groups in total. The number of benzene rings is 3. The van der Waals surface area contributed by atoms with Crippen molar-refractivity contribution in [3.05, 3.63) is 71.3 Å². The Morgan fingerprint density at radius 2 is 1.85 bits per heavy atom. The molecule has 0 radical (unpaired) electrons. The fourth-order valence-electron chi connectivity index (χ4n) is 3.72. The lowest BCUT2D eigenvalue weighted by Gasteiger charge is -2.19. The van der Waals surface area contributed by atoms with Crippen molar-refractivity contribution in [2.75, 3.05) is 18.5 Å². The average Bonchev–Trinajstić information content (AvgIpc) is 3.28. The van der Waals surface area contributed by atoms with E-state index in [1.807, 2.05) is 43.3 Å². The SMILES string of the molecule is CCc1ccc2oc(-c3ccc(C)c(NC(=S)NC(=O)c4ccc5c(c4)OCCO5)c3)nc2c1. The summed E-state index contributed by atoms with van der Waals surface area (Å²) in [5.74, 6) is 1.36. The fraction of sp³-hybridized carbons (Fsp3) is 0.192. The number of carbonyl (C=O) groups is 1. The summed E-state index contributed by atoms with van der Waals surface area (Å²) in [5, 5.41) is 6.01. The average molecular weight is 474 g/mol. The summed E-state index contributed by atoms with van der Waals surface area (Å²) >= 11 is 5.39. The van der Waals surface area contributed by atoms with Crippen LogP contribution in [0.3, 0.4) is 0 Å². The van der Waals surface area contributed by atoms with Gasteiger partial charge in [0.25, 0.3) is 5.91 Å². The molecule has 0 spiro atoms. The molecule has 0 fully saturated rings. The zero-order valence-electron chi connectivity index (χ0n) is 18.8. The molecule has 1 amide bonds. The van der Waals surface area contributed by atoms with Gasteiger partial charge in [0.15, 0.2) is 22.2 Å². The summed E-state index contributed by atoms with van der Waals surface area (Å²) in [5.41, 5.74) is 5.72. The predicted molar refractivity (Wildman–Crippen MR) is 135 cm³/mol. The van der Waals surface area contributed by atoms with Crippen LogP contribution in [-0.2, 0) is 6.42 Å². The molecular formula is C26H23N3O4S. The lowest BCUT2D eigenvalue weighted by molar-refractivity contribution is 0.0976. The topological polar surface area (TPSA) is 85.6 Å². The van der Waals surface area contributed by atoms with Gasteiger partial charge in [-0.05, 0) is 79.2 Å². The number of nitrogens with one attached hydrogen (secondary N) is 2. The summed E-state index contributed by atoms with van der Waals surface area (Å²) in [6, 6.07) is 16.9. The minimum atomic E-state index is -0.339. The van der Waals surface area contributed by atoms with E-state index >= 15 is 0 Å². The standard InChI is InChI=1S/C26H23N3O4S/c1-3-16-5-8-21-20(12-16)27-25(33-21)18-6-4-15(2)19(13-18)28-26(34)29-24(30)17-7-9-22-23(14-17)32-11-10-31-22/h4-9,12-14H,3,10-11H2,1-2H3,(H2,28,29,30,34). The number of thiocarbonyl (C=S) groups is 1. The maximum absolute atomic E-state index is 12.7. The molecule has 34 heavy (non-hydrogen) atoms. The maximum Gasteiger partial charge on any atom is 0.257 e. The van der Waals surface area contributed by atoms with E-state index in [9.17, 15) is 4.79 Å². The predicted octanol–water partition coefficient (Wildman–Crippen LogP) is 5.26. The minimum Gasteiger partial charge on any atom is -0.486 e. The van der Waals surface area contributed by atoms with Crippen LogP contribution in [0.25, 0.3) is 22.6 Å². The highest BCUT2D eigenvalue weighted by Gasteiger charge is 2.16. The first kappa shape index (κ1) is 21.9. The zero-order chi connectivity index (χ0) is 23.7. The lowest BCUT2D eigenvalue weighted by Crippen LogP contribution is -2.34. The van der Waals surface area contributed by atoms with E-state index in [2.05, 4.69) is 22.5 Å². The monoisotopic (exact) mass is 473 g/mol. The number of aryl methyl sites for hydroxylation is 2. The molecule has 172 valence electrons. The van der Waals surface area contributed by atoms with Gasteiger partial charge in [0.2, 0.25) is 5.89 Å². The first-order chi connectivity index (χ1) is 16.5. The molecule has 1 aliphatic rings. The second-order valence-corrected chi connectivity index (χ2v) is 8.38. The molecule has 3 aromatic carbocycles. The third-order valence-corrected chi connectivity index (χ3v) is 5.83. The lowest BCUT2D eigenvalue weighted by atomic mass is 10.1. The Morgan fingerprint density at radius 3 is 2.68 bits per heavy atom. The first-order valence-corrected chi connectivity index (χ1v) is 11.4. The van der Waals surface area contributed by atoms with Gasteiger partial charge in [-0.3, -0.25) is 10.1 Å². The fourth-order valence-corrected chi connectivity index (χ4v) is 3.92. The van der Waals surface area contributed by atoms with Crippen LogP contribution in [0.4, 0.5) is 5.69 Å². The van der Waals surface area contributed by atoms with Crippen LogP contribution < -0.4 is 20.1 Å². The Bertz CT molecular complexity index is 1410. The molecule has 0 saturated carbocycles. The van der Waals surface area contributed by atoms with Gasteiger partial charge in [-0.15, -0.1) is 0 Å². The van der Waals surface area contributed by atoms with Crippen LogP contribution in [0.1, 0.15) is 28.4 Å². The second kappa shape index (κ2) is 9.15. The summed E-state index contributed by atoms with van der Waals surface area (Å²) in [4.78, 5) is 17.3. The van der Waals surface area contributed by atoms with Crippen molar-refractivity contribution in [3.8, 4) is 23.0 Å². The Balaban J connectivity index is 1.32. The van der Waals surface area contributed by atoms with Gasteiger partial charge >= 0.3 is 0 Å². The number of amides is 1. The van der Waals surface area contributed by atoms with Gasteiger partial charge in [-0.1, -0.05) is 19.1 Å². The minimum absolute atomic E-state index is 0.185. The van der Waals surface area contributed by atoms with E-state index < -0.39 is 0 Å². The van der Waals surface area contributed by atoms with Crippen LogP contribution in [0.2, 0.25) is 0 Å². The number of hydrogen-bond acceptors (Lipinski definition) is 6. The molecule has 5 rings (SSSR count). The van der Waals surface area contributed by atoms with Crippen LogP contribution in [-0.4, -0.2) is 29.2 Å². The maximum atomic E-state index is 12.7. The molecule has 0 unspecified atom stereocenters. The molecule has 4 aromatic rings. The number of nitrogens with zero attached hydrogens (tertiary/aromatic N) is 1. The zero-order valence-corrected chi connectivity index (χ0v) is 19.6. The molecular weight excluding hydrogens is 450 g/mol. The summed E-state index contributed by atoms with van der Waals surface area (Å²) in [7, 11) is 0. The molecule has 0 bridgehead atoms. The Kier molecular flexibility index (Phi) is 5.90. The van der Waals surface area contributed by atoms with Crippen molar-refractivity contribution in [3.63, 3.8) is 0 Å². The van der Waals surface area contributed by atoms with Crippen LogP contribution in [0, 0.1) is 6.92 Å². The highest BCUT2D eigenvalue weighted by Crippen LogP contribution is 2.31. The van der Waals surface area contributed by atoms with Crippen molar-refractivity contribution in [2.24, 2.45) is 0 Å². The number of fused-ring (bicyclic) bond motifs is 2. The second-order valence-electron chi connectivity index (χ2n) is 7.97. The van der Waals surface area contributed by atoms with Gasteiger partial charge in [0, 0.05) is 16.8 Å². The number of anilines is 1. The van der Waals surface area contributed by atoms with E-state index in [1.54, 1.807) is 18.2 Å². The highest BCUT2D eigenvalue weighted by molar-refractivity contribution is 7.80. The summed E-state index contributed by atoms with van der Waals surface area (Å²) < 4.78 is 17.0. The number of carbonyl (C=O) groups excluding carboxylic acids is 1. The Labute approximate surface area is 202 Å². The largest absolute Gasteiger partial charge is 0.486 e. The van der Waals surface area contributed by atoms with Gasteiger partial charge < -0.3 is 19.2 Å². The molecule has 8 heteroatoms. The smallest absolute Gasteiger partial charge is 0.257 e. The van der Waals surface area contributed by atoms with Gasteiger partial charge in [-0.25, -0.2) is 4.98 Å². The van der Waals surface area contributed by atoms with Crippen molar-refractivity contribution in [2.45, 2.75) is 20.3 Å². The van der Waals surface area contributed by atoms with Gasteiger partial charge in [-0.2, -0.15) is 0 Å². The van der Waals surface area contributed by atoms with E-state index in [-0.39, 0.29) is 11.0 Å². The van der Waals surface area contributed by atoms with Crippen molar-refractivity contribution >= 4 is 40.0 Å². The Morgan fingerprint density at radius 1 is 1.03 bits per heavy atom. The number of hydrogen-bond donors (Lipinski definition) is 2. The number of aromatic nitrogens is 1. The van der Waals surface area contributed by atoms with Crippen LogP contribution in [0.5, 0.6) is 11.5 Å². The quantitative estimate of drug-likeness (QED) is 0.391. The molecule has 0 saturated heterocycles. The van der Waals surface area contributed by atoms with Crippen molar-refractivity contribution < 1.29 is 18.7 Å². The van der Waals surface area contributed by atoms with Gasteiger partial charge in [0.1, 0.15) is 18.7 Å². The van der Waals surface area contributed by atoms with Crippen molar-refractivity contribution in [1.82, 2.24) is 10.3 Å². The summed E-state index contributed by atoms with van der Waals surface area (Å²) in [6.45, 7) is 5.01. The first-order valence-electron chi connectivity index (χ1n) is 11.0. The number of rotatable bonds is 4. The molecule has 0 aliphatic carbocycles. The van der Waals surface area contributed by atoms with Crippen LogP contribution >= 0.6 is 12.2 Å².